The summed E-state index contributed by atoms with van der Waals surface area (Å²) in [5.41, 5.74) is 1.67. The summed E-state index contributed by atoms with van der Waals surface area (Å²) < 4.78 is 11.6. The molecule has 2 aromatic rings. The first kappa shape index (κ1) is 12.7. The largest absolute Gasteiger partial charge is 0.496 e. The number of hydrogen-bond donors (Lipinski definition) is 1. The third-order valence-corrected chi connectivity index (χ3v) is 3.06. The zero-order chi connectivity index (χ0) is 13.0. The SMILES string of the molecule is COc1ccc(Br)cc1C/C(=N/N)c1ccco1. The first-order valence-corrected chi connectivity index (χ1v) is 6.17. The first-order chi connectivity index (χ1) is 8.74. The van der Waals surface area contributed by atoms with Gasteiger partial charge in [0, 0.05) is 16.5 Å². The molecule has 0 fully saturated rings. The van der Waals surface area contributed by atoms with E-state index in [1.54, 1.807) is 19.4 Å². The predicted molar refractivity (Wildman–Crippen MR) is 73.8 cm³/mol. The highest BCUT2D eigenvalue weighted by Crippen LogP contribution is 2.24. The van der Waals surface area contributed by atoms with Crippen LogP contribution in [-0.4, -0.2) is 12.8 Å². The van der Waals surface area contributed by atoms with E-state index < -0.39 is 0 Å². The Labute approximate surface area is 114 Å². The lowest BCUT2D eigenvalue weighted by atomic mass is 10.1. The number of rotatable bonds is 4. The van der Waals surface area contributed by atoms with Crippen molar-refractivity contribution >= 4 is 21.6 Å². The van der Waals surface area contributed by atoms with Gasteiger partial charge in [0.25, 0.3) is 0 Å². The molecule has 5 heteroatoms. The van der Waals surface area contributed by atoms with Crippen LogP contribution in [0.25, 0.3) is 0 Å². The van der Waals surface area contributed by atoms with Crippen LogP contribution in [0.2, 0.25) is 0 Å². The number of hydrogen-bond acceptors (Lipinski definition) is 4. The lowest BCUT2D eigenvalue weighted by molar-refractivity contribution is 0.411. The van der Waals surface area contributed by atoms with Crippen molar-refractivity contribution in [2.24, 2.45) is 10.9 Å². The van der Waals surface area contributed by atoms with E-state index in [0.29, 0.717) is 17.9 Å². The van der Waals surface area contributed by atoms with Crippen LogP contribution >= 0.6 is 15.9 Å². The van der Waals surface area contributed by atoms with Crippen molar-refractivity contribution in [2.45, 2.75) is 6.42 Å². The Morgan fingerprint density at radius 1 is 1.44 bits per heavy atom. The number of hydrazone groups is 1. The van der Waals surface area contributed by atoms with Gasteiger partial charge in [-0.15, -0.1) is 0 Å². The van der Waals surface area contributed by atoms with Crippen molar-refractivity contribution in [2.75, 3.05) is 7.11 Å². The zero-order valence-corrected chi connectivity index (χ0v) is 11.5. The summed E-state index contributed by atoms with van der Waals surface area (Å²) in [5.74, 6) is 6.88. The van der Waals surface area contributed by atoms with E-state index in [1.807, 2.05) is 24.3 Å². The number of benzene rings is 1. The van der Waals surface area contributed by atoms with Gasteiger partial charge in [0.1, 0.15) is 17.2 Å². The average Bonchev–Trinajstić information content (AvgIpc) is 2.90. The minimum absolute atomic E-state index is 0.548. The van der Waals surface area contributed by atoms with Gasteiger partial charge in [-0.1, -0.05) is 15.9 Å². The summed E-state index contributed by atoms with van der Waals surface area (Å²) in [4.78, 5) is 0. The highest BCUT2D eigenvalue weighted by Gasteiger charge is 2.11. The minimum atomic E-state index is 0.548. The first-order valence-electron chi connectivity index (χ1n) is 5.37. The van der Waals surface area contributed by atoms with Gasteiger partial charge in [-0.3, -0.25) is 0 Å². The van der Waals surface area contributed by atoms with Crippen molar-refractivity contribution < 1.29 is 9.15 Å². The van der Waals surface area contributed by atoms with Gasteiger partial charge in [-0.25, -0.2) is 0 Å². The van der Waals surface area contributed by atoms with Crippen LogP contribution in [0.1, 0.15) is 11.3 Å². The quantitative estimate of drug-likeness (QED) is 0.536. The van der Waals surface area contributed by atoms with Crippen molar-refractivity contribution in [1.82, 2.24) is 0 Å². The van der Waals surface area contributed by atoms with Gasteiger partial charge in [0.2, 0.25) is 0 Å². The van der Waals surface area contributed by atoms with E-state index in [4.69, 9.17) is 15.0 Å². The van der Waals surface area contributed by atoms with Crippen molar-refractivity contribution in [3.63, 3.8) is 0 Å². The summed E-state index contributed by atoms with van der Waals surface area (Å²) in [7, 11) is 1.64. The zero-order valence-electron chi connectivity index (χ0n) is 9.89. The molecule has 94 valence electrons. The van der Waals surface area contributed by atoms with Gasteiger partial charge in [0.15, 0.2) is 0 Å². The van der Waals surface area contributed by atoms with E-state index >= 15 is 0 Å². The minimum Gasteiger partial charge on any atom is -0.496 e. The second-order valence-corrected chi connectivity index (χ2v) is 4.60. The number of nitrogens with zero attached hydrogens (tertiary/aromatic N) is 1. The molecule has 0 aliphatic carbocycles. The molecule has 1 aromatic carbocycles. The number of methoxy groups -OCH3 is 1. The topological polar surface area (TPSA) is 60.8 Å². The molecule has 1 heterocycles. The molecule has 1 aromatic heterocycles. The molecule has 2 N–H and O–H groups in total. The number of ether oxygens (including phenoxy) is 1. The number of nitrogens with two attached hydrogens (primary N) is 1. The molecule has 4 nitrogen and oxygen atoms in total. The summed E-state index contributed by atoms with van der Waals surface area (Å²) in [6.45, 7) is 0. The lowest BCUT2D eigenvalue weighted by Gasteiger charge is -2.09. The molecule has 0 saturated carbocycles. The Hall–Kier alpha value is -1.75. The van der Waals surface area contributed by atoms with E-state index in [1.165, 1.54) is 0 Å². The normalized spacial score (nSPS) is 11.6. The van der Waals surface area contributed by atoms with Crippen LogP contribution < -0.4 is 10.6 Å². The maximum absolute atomic E-state index is 5.42. The second kappa shape index (κ2) is 5.73. The van der Waals surface area contributed by atoms with Crippen LogP contribution in [0.3, 0.4) is 0 Å². The monoisotopic (exact) mass is 308 g/mol. The number of halogens is 1. The third-order valence-electron chi connectivity index (χ3n) is 2.56. The predicted octanol–water partition coefficient (Wildman–Crippen LogP) is 2.96. The molecule has 0 atom stereocenters. The van der Waals surface area contributed by atoms with Crippen LogP contribution in [0, 0.1) is 0 Å². The summed E-state index contributed by atoms with van der Waals surface area (Å²) >= 11 is 3.44. The lowest BCUT2D eigenvalue weighted by Crippen LogP contribution is -2.08. The second-order valence-electron chi connectivity index (χ2n) is 3.69. The summed E-state index contributed by atoms with van der Waals surface area (Å²) in [6, 6.07) is 9.44. The van der Waals surface area contributed by atoms with Gasteiger partial charge in [0.05, 0.1) is 13.4 Å². The Bertz CT molecular complexity index is 550. The van der Waals surface area contributed by atoms with E-state index in [-0.39, 0.29) is 0 Å². The Morgan fingerprint density at radius 2 is 2.28 bits per heavy atom. The van der Waals surface area contributed by atoms with Gasteiger partial charge < -0.3 is 15.0 Å². The van der Waals surface area contributed by atoms with Gasteiger partial charge in [-0.05, 0) is 30.3 Å². The molecule has 0 bridgehead atoms. The molecule has 18 heavy (non-hydrogen) atoms. The van der Waals surface area contributed by atoms with Gasteiger partial charge >= 0.3 is 0 Å². The van der Waals surface area contributed by atoms with Crippen LogP contribution in [0.15, 0.2) is 50.6 Å². The molecular weight excluding hydrogens is 296 g/mol. The third kappa shape index (κ3) is 2.73. The maximum Gasteiger partial charge on any atom is 0.150 e. The molecular formula is C13H13BrN2O2. The van der Waals surface area contributed by atoms with Gasteiger partial charge in [-0.2, -0.15) is 5.10 Å². The Kier molecular flexibility index (Phi) is 4.04. The fourth-order valence-electron chi connectivity index (χ4n) is 1.70. The highest BCUT2D eigenvalue weighted by atomic mass is 79.9. The van der Waals surface area contributed by atoms with Crippen molar-refractivity contribution in [1.29, 1.82) is 0 Å². The summed E-state index contributed by atoms with van der Waals surface area (Å²) in [5, 5.41) is 3.78. The fourth-order valence-corrected chi connectivity index (χ4v) is 2.11. The maximum atomic E-state index is 5.42. The Balaban J connectivity index is 2.30. The highest BCUT2D eigenvalue weighted by molar-refractivity contribution is 9.10. The van der Waals surface area contributed by atoms with Crippen LogP contribution in [-0.2, 0) is 6.42 Å². The van der Waals surface area contributed by atoms with E-state index in [2.05, 4.69) is 21.0 Å². The van der Waals surface area contributed by atoms with Crippen LogP contribution in [0.4, 0.5) is 0 Å². The molecule has 0 saturated heterocycles. The van der Waals surface area contributed by atoms with Crippen molar-refractivity contribution in [3.05, 3.63) is 52.4 Å². The molecule has 0 spiro atoms. The molecule has 0 unspecified atom stereocenters. The van der Waals surface area contributed by atoms with Crippen LogP contribution in [0.5, 0.6) is 5.75 Å². The fraction of sp³-hybridized carbons (Fsp3) is 0.154. The Morgan fingerprint density at radius 3 is 2.89 bits per heavy atom. The molecule has 2 rings (SSSR count). The van der Waals surface area contributed by atoms with E-state index in [0.717, 1.165) is 15.8 Å². The molecule has 0 radical (unpaired) electrons. The molecule has 0 aliphatic rings. The number of furan rings is 1. The van der Waals surface area contributed by atoms with Crippen molar-refractivity contribution in [3.8, 4) is 5.75 Å². The summed E-state index contributed by atoms with van der Waals surface area (Å²) in [6.07, 6.45) is 2.14. The molecule has 0 aliphatic heterocycles. The van der Waals surface area contributed by atoms with E-state index in [9.17, 15) is 0 Å². The molecule has 0 amide bonds. The smallest absolute Gasteiger partial charge is 0.150 e. The standard InChI is InChI=1S/C13H13BrN2O2/c1-17-12-5-4-10(14)7-9(12)8-11(16-15)13-3-2-6-18-13/h2-7H,8,15H2,1H3/b16-11-. The average molecular weight is 309 g/mol.